The van der Waals surface area contributed by atoms with Gasteiger partial charge in [-0.1, -0.05) is 38.7 Å². The molecule has 0 radical (unpaired) electrons. The fourth-order valence-electron chi connectivity index (χ4n) is 3.69. The van der Waals surface area contributed by atoms with Crippen LogP contribution in [-0.2, 0) is 12.8 Å². The van der Waals surface area contributed by atoms with Gasteiger partial charge in [0.2, 0.25) is 0 Å². The molecule has 1 aromatic rings. The van der Waals surface area contributed by atoms with Crippen LogP contribution in [0.4, 0.5) is 0 Å². The monoisotopic (exact) mass is 289 g/mol. The molecule has 1 heterocycles. The van der Waals surface area contributed by atoms with Crippen LogP contribution in [0.25, 0.3) is 0 Å². The van der Waals surface area contributed by atoms with Gasteiger partial charge in [0.25, 0.3) is 0 Å². The lowest BCUT2D eigenvalue weighted by Gasteiger charge is -2.44. The Morgan fingerprint density at radius 1 is 1.19 bits per heavy atom. The third-order valence-corrected chi connectivity index (χ3v) is 5.27. The normalized spacial score (nSPS) is 20.2. The predicted octanol–water partition coefficient (Wildman–Crippen LogP) is 3.17. The van der Waals surface area contributed by atoms with Gasteiger partial charge in [0.15, 0.2) is 0 Å². The first kappa shape index (κ1) is 16.4. The highest BCUT2D eigenvalue weighted by atomic mass is 15.2. The lowest BCUT2D eigenvalue weighted by Crippen LogP contribution is -2.58. The molecular weight excluding hydrogens is 258 g/mol. The van der Waals surface area contributed by atoms with Crippen molar-refractivity contribution in [3.63, 3.8) is 0 Å². The van der Waals surface area contributed by atoms with Gasteiger partial charge < -0.3 is 10.6 Å². The fourth-order valence-corrected chi connectivity index (χ4v) is 3.69. The zero-order valence-electron chi connectivity index (χ0n) is 13.9. The van der Waals surface area contributed by atoms with Gasteiger partial charge in [-0.3, -0.25) is 4.98 Å². The minimum absolute atomic E-state index is 0.140. The molecule has 1 unspecified atom stereocenters. The quantitative estimate of drug-likeness (QED) is 0.847. The summed E-state index contributed by atoms with van der Waals surface area (Å²) in [5.74, 6) is 0. The smallest absolute Gasteiger partial charge is 0.0419 e. The predicted molar refractivity (Wildman–Crippen MR) is 89.4 cm³/mol. The number of nitrogens with zero attached hydrogens (tertiary/aromatic N) is 2. The number of hydrogen-bond donors (Lipinski definition) is 1. The first-order valence-electron chi connectivity index (χ1n) is 8.45. The summed E-state index contributed by atoms with van der Waals surface area (Å²) in [5, 5.41) is 0. The number of rotatable bonds is 5. The van der Waals surface area contributed by atoms with Crippen molar-refractivity contribution in [1.29, 1.82) is 0 Å². The zero-order chi connectivity index (χ0) is 15.3. The Morgan fingerprint density at radius 3 is 2.33 bits per heavy atom. The van der Waals surface area contributed by atoms with Crippen LogP contribution in [0.1, 0.15) is 56.7 Å². The van der Waals surface area contributed by atoms with Crippen molar-refractivity contribution in [3.05, 3.63) is 29.6 Å². The summed E-state index contributed by atoms with van der Waals surface area (Å²) in [4.78, 5) is 6.98. The maximum Gasteiger partial charge on any atom is 0.0419 e. The molecule has 1 atom stereocenters. The van der Waals surface area contributed by atoms with Crippen LogP contribution >= 0.6 is 0 Å². The largest absolute Gasteiger partial charge is 0.326 e. The molecule has 0 amide bonds. The highest BCUT2D eigenvalue weighted by Crippen LogP contribution is 2.34. The van der Waals surface area contributed by atoms with Crippen molar-refractivity contribution in [2.75, 3.05) is 14.1 Å². The molecule has 3 heteroatoms. The third kappa shape index (κ3) is 3.83. The van der Waals surface area contributed by atoms with Crippen LogP contribution in [0.5, 0.6) is 0 Å². The van der Waals surface area contributed by atoms with Crippen LogP contribution in [-0.4, -0.2) is 35.6 Å². The highest BCUT2D eigenvalue weighted by molar-refractivity contribution is 5.16. The van der Waals surface area contributed by atoms with Gasteiger partial charge in [0.05, 0.1) is 0 Å². The van der Waals surface area contributed by atoms with Gasteiger partial charge in [-0.15, -0.1) is 0 Å². The van der Waals surface area contributed by atoms with Crippen LogP contribution in [0.15, 0.2) is 18.3 Å². The summed E-state index contributed by atoms with van der Waals surface area (Å²) in [6, 6.07) is 4.49. The SMILES string of the molecule is CCc1ccc(CC(N)C2(N(C)C)CCCCCC2)nc1. The number of hydrogen-bond acceptors (Lipinski definition) is 3. The maximum atomic E-state index is 6.67. The number of pyridine rings is 1. The topological polar surface area (TPSA) is 42.1 Å². The van der Waals surface area contributed by atoms with Crippen LogP contribution < -0.4 is 5.73 Å². The molecule has 3 nitrogen and oxygen atoms in total. The molecular formula is C18H31N3. The summed E-state index contributed by atoms with van der Waals surface area (Å²) >= 11 is 0. The van der Waals surface area contributed by atoms with Crippen LogP contribution in [0, 0.1) is 0 Å². The Bertz CT molecular complexity index is 417. The Hall–Kier alpha value is -0.930. The molecule has 1 aliphatic carbocycles. The summed E-state index contributed by atoms with van der Waals surface area (Å²) in [5.41, 5.74) is 9.24. The van der Waals surface area contributed by atoms with E-state index in [2.05, 4.69) is 43.0 Å². The Morgan fingerprint density at radius 2 is 1.86 bits per heavy atom. The molecule has 0 aliphatic heterocycles. The maximum absolute atomic E-state index is 6.67. The van der Waals surface area contributed by atoms with Crippen molar-refractivity contribution in [2.45, 2.75) is 69.9 Å². The second kappa shape index (κ2) is 7.37. The van der Waals surface area contributed by atoms with E-state index < -0.39 is 0 Å². The van der Waals surface area contributed by atoms with E-state index in [0.717, 1.165) is 18.5 Å². The van der Waals surface area contributed by atoms with Crippen molar-refractivity contribution in [1.82, 2.24) is 9.88 Å². The van der Waals surface area contributed by atoms with E-state index in [-0.39, 0.29) is 11.6 Å². The van der Waals surface area contributed by atoms with Crippen LogP contribution in [0.3, 0.4) is 0 Å². The van der Waals surface area contributed by atoms with Crippen molar-refractivity contribution >= 4 is 0 Å². The average molecular weight is 289 g/mol. The summed E-state index contributed by atoms with van der Waals surface area (Å²) in [6.45, 7) is 2.16. The Balaban J connectivity index is 2.11. The van der Waals surface area contributed by atoms with Gasteiger partial charge in [0.1, 0.15) is 0 Å². The van der Waals surface area contributed by atoms with Crippen molar-refractivity contribution in [2.24, 2.45) is 5.73 Å². The molecule has 2 N–H and O–H groups in total. The van der Waals surface area contributed by atoms with Crippen molar-refractivity contribution < 1.29 is 0 Å². The minimum atomic E-state index is 0.140. The van der Waals surface area contributed by atoms with E-state index in [1.807, 2.05) is 6.20 Å². The van der Waals surface area contributed by atoms with E-state index in [0.29, 0.717) is 0 Å². The number of likely N-dealkylation sites (N-methyl/N-ethyl adjacent to an activating group) is 1. The fraction of sp³-hybridized carbons (Fsp3) is 0.722. The number of nitrogens with two attached hydrogens (primary N) is 1. The molecule has 21 heavy (non-hydrogen) atoms. The van der Waals surface area contributed by atoms with Crippen LogP contribution in [0.2, 0.25) is 0 Å². The summed E-state index contributed by atoms with van der Waals surface area (Å²) in [7, 11) is 4.39. The van der Waals surface area contributed by atoms with Gasteiger partial charge >= 0.3 is 0 Å². The lowest BCUT2D eigenvalue weighted by atomic mass is 9.79. The summed E-state index contributed by atoms with van der Waals surface area (Å²) < 4.78 is 0. The standard InChI is InChI=1S/C18H31N3/c1-4-15-9-10-16(20-14-15)13-17(19)18(21(2)3)11-7-5-6-8-12-18/h9-10,14,17H,4-8,11-13,19H2,1-3H3. The molecule has 1 saturated carbocycles. The van der Waals surface area contributed by atoms with Crippen molar-refractivity contribution in [3.8, 4) is 0 Å². The molecule has 1 aliphatic rings. The first-order chi connectivity index (χ1) is 10.1. The first-order valence-corrected chi connectivity index (χ1v) is 8.45. The molecule has 1 aromatic heterocycles. The van der Waals surface area contributed by atoms with E-state index >= 15 is 0 Å². The average Bonchev–Trinajstić information content (AvgIpc) is 2.75. The second-order valence-corrected chi connectivity index (χ2v) is 6.73. The molecule has 118 valence electrons. The van der Waals surface area contributed by atoms with Gasteiger partial charge in [-0.2, -0.15) is 0 Å². The van der Waals surface area contributed by atoms with E-state index in [4.69, 9.17) is 5.73 Å². The van der Waals surface area contributed by atoms with E-state index in [1.165, 1.54) is 44.1 Å². The molecule has 2 rings (SSSR count). The lowest BCUT2D eigenvalue weighted by molar-refractivity contribution is 0.0964. The van der Waals surface area contributed by atoms with E-state index in [1.54, 1.807) is 0 Å². The Labute approximate surface area is 129 Å². The minimum Gasteiger partial charge on any atom is -0.326 e. The number of aryl methyl sites for hydroxylation is 1. The zero-order valence-corrected chi connectivity index (χ0v) is 13.9. The molecule has 1 fully saturated rings. The summed E-state index contributed by atoms with van der Waals surface area (Å²) in [6.07, 6.45) is 11.7. The highest BCUT2D eigenvalue weighted by Gasteiger charge is 2.39. The molecule has 0 bridgehead atoms. The van der Waals surface area contributed by atoms with Gasteiger partial charge in [-0.05, 0) is 45.0 Å². The molecule has 0 saturated heterocycles. The van der Waals surface area contributed by atoms with E-state index in [9.17, 15) is 0 Å². The third-order valence-electron chi connectivity index (χ3n) is 5.27. The second-order valence-electron chi connectivity index (χ2n) is 6.73. The molecule has 0 aromatic carbocycles. The van der Waals surface area contributed by atoms with Gasteiger partial charge in [-0.25, -0.2) is 0 Å². The number of aromatic nitrogens is 1. The van der Waals surface area contributed by atoms with Gasteiger partial charge in [0, 0.05) is 29.9 Å². The molecule has 0 spiro atoms. The Kier molecular flexibility index (Phi) is 5.77.